The third kappa shape index (κ3) is 3.27. The predicted molar refractivity (Wildman–Crippen MR) is 66.8 cm³/mol. The normalized spacial score (nSPS) is 24.3. The third-order valence-electron chi connectivity index (χ3n) is 3.30. The van der Waals surface area contributed by atoms with Crippen molar-refractivity contribution < 1.29 is 4.79 Å². The summed E-state index contributed by atoms with van der Waals surface area (Å²) >= 11 is 0. The molecule has 0 aromatic carbocycles. The van der Waals surface area contributed by atoms with Crippen LogP contribution < -0.4 is 10.6 Å². The fourth-order valence-corrected chi connectivity index (χ4v) is 2.22. The van der Waals surface area contributed by atoms with Crippen LogP contribution in [0.1, 0.15) is 30.1 Å². The van der Waals surface area contributed by atoms with Crippen molar-refractivity contribution in [2.75, 3.05) is 13.1 Å². The lowest BCUT2D eigenvalue weighted by molar-refractivity contribution is 0.0923. The number of amides is 1. The van der Waals surface area contributed by atoms with Crippen LogP contribution in [-0.4, -0.2) is 30.0 Å². The van der Waals surface area contributed by atoms with Crippen molar-refractivity contribution in [3.8, 4) is 0 Å². The van der Waals surface area contributed by atoms with Gasteiger partial charge in [-0.05, 0) is 31.0 Å². The molecule has 2 unspecified atom stereocenters. The van der Waals surface area contributed by atoms with Crippen LogP contribution >= 0.6 is 0 Å². The summed E-state index contributed by atoms with van der Waals surface area (Å²) < 4.78 is 0. The van der Waals surface area contributed by atoms with Crippen molar-refractivity contribution in [1.82, 2.24) is 15.6 Å². The van der Waals surface area contributed by atoms with Crippen molar-refractivity contribution >= 4 is 5.91 Å². The van der Waals surface area contributed by atoms with Crippen LogP contribution in [-0.2, 0) is 0 Å². The van der Waals surface area contributed by atoms with E-state index in [9.17, 15) is 4.79 Å². The molecule has 0 aliphatic carbocycles. The summed E-state index contributed by atoms with van der Waals surface area (Å²) in [6, 6.07) is 3.72. The van der Waals surface area contributed by atoms with Gasteiger partial charge in [-0.25, -0.2) is 0 Å². The first kappa shape index (κ1) is 12.0. The van der Waals surface area contributed by atoms with Gasteiger partial charge in [-0.15, -0.1) is 0 Å². The molecule has 2 N–H and O–H groups in total. The maximum atomic E-state index is 11.9. The van der Waals surface area contributed by atoms with E-state index in [-0.39, 0.29) is 11.9 Å². The Balaban J connectivity index is 1.90. The highest BCUT2D eigenvalue weighted by Gasteiger charge is 2.21. The molecule has 2 heterocycles. The highest BCUT2D eigenvalue weighted by atomic mass is 16.1. The van der Waals surface area contributed by atoms with E-state index in [0.717, 1.165) is 25.9 Å². The molecule has 0 bridgehead atoms. The molecule has 1 aromatic rings. The molecule has 2 atom stereocenters. The minimum Gasteiger partial charge on any atom is -0.348 e. The molecule has 1 fully saturated rings. The monoisotopic (exact) mass is 233 g/mol. The van der Waals surface area contributed by atoms with Gasteiger partial charge in [0.05, 0.1) is 0 Å². The molecule has 17 heavy (non-hydrogen) atoms. The van der Waals surface area contributed by atoms with Crippen LogP contribution in [0.5, 0.6) is 0 Å². The van der Waals surface area contributed by atoms with Crippen LogP contribution in [0.4, 0.5) is 0 Å². The number of nitrogens with zero attached hydrogens (tertiary/aromatic N) is 1. The van der Waals surface area contributed by atoms with Gasteiger partial charge in [-0.3, -0.25) is 9.78 Å². The SMILES string of the molecule is CCC1CNCC(NC(=O)c2ccncc2)C1. The molecule has 1 aliphatic rings. The summed E-state index contributed by atoms with van der Waals surface area (Å²) in [6.07, 6.45) is 5.51. The van der Waals surface area contributed by atoms with Gasteiger partial charge in [0, 0.05) is 30.5 Å². The van der Waals surface area contributed by atoms with Crippen LogP contribution in [0.2, 0.25) is 0 Å². The topological polar surface area (TPSA) is 54.0 Å². The number of pyridine rings is 1. The minimum atomic E-state index is -0.00375. The summed E-state index contributed by atoms with van der Waals surface area (Å²) in [5, 5.41) is 6.44. The number of nitrogens with one attached hydrogen (secondary N) is 2. The van der Waals surface area contributed by atoms with Gasteiger partial charge in [0.2, 0.25) is 0 Å². The average molecular weight is 233 g/mol. The Labute approximate surface area is 102 Å². The first-order valence-electron chi connectivity index (χ1n) is 6.21. The number of aromatic nitrogens is 1. The Morgan fingerprint density at radius 2 is 2.24 bits per heavy atom. The molecule has 0 saturated carbocycles. The Morgan fingerprint density at radius 1 is 1.47 bits per heavy atom. The fraction of sp³-hybridized carbons (Fsp3) is 0.538. The van der Waals surface area contributed by atoms with Crippen LogP contribution in [0.3, 0.4) is 0 Å². The molecule has 92 valence electrons. The lowest BCUT2D eigenvalue weighted by atomic mass is 9.93. The summed E-state index contributed by atoms with van der Waals surface area (Å²) in [4.78, 5) is 15.8. The fourth-order valence-electron chi connectivity index (χ4n) is 2.22. The van der Waals surface area contributed by atoms with Gasteiger partial charge in [-0.1, -0.05) is 13.3 Å². The standard InChI is InChI=1S/C13H19N3O/c1-2-10-7-12(9-15-8-10)16-13(17)11-3-5-14-6-4-11/h3-6,10,12,15H,2,7-9H2,1H3,(H,16,17). The Kier molecular flexibility index (Phi) is 4.09. The van der Waals surface area contributed by atoms with Crippen LogP contribution in [0, 0.1) is 5.92 Å². The zero-order valence-corrected chi connectivity index (χ0v) is 10.1. The molecule has 4 heteroatoms. The van der Waals surface area contributed by atoms with Gasteiger partial charge in [0.15, 0.2) is 0 Å². The maximum Gasteiger partial charge on any atom is 0.251 e. The molecular weight excluding hydrogens is 214 g/mol. The second kappa shape index (κ2) is 5.77. The second-order valence-corrected chi connectivity index (χ2v) is 4.57. The largest absolute Gasteiger partial charge is 0.348 e. The lowest BCUT2D eigenvalue weighted by Gasteiger charge is -2.30. The number of hydrogen-bond donors (Lipinski definition) is 2. The first-order chi connectivity index (χ1) is 8.29. The molecule has 2 rings (SSSR count). The Hall–Kier alpha value is -1.42. The van der Waals surface area contributed by atoms with Gasteiger partial charge in [0.1, 0.15) is 0 Å². The highest BCUT2D eigenvalue weighted by molar-refractivity contribution is 5.94. The molecule has 1 saturated heterocycles. The summed E-state index contributed by atoms with van der Waals surface area (Å²) in [7, 11) is 0. The van der Waals surface area contributed by atoms with E-state index in [4.69, 9.17) is 0 Å². The zero-order valence-electron chi connectivity index (χ0n) is 10.1. The van der Waals surface area contributed by atoms with Crippen molar-refractivity contribution in [2.24, 2.45) is 5.92 Å². The van der Waals surface area contributed by atoms with Crippen molar-refractivity contribution in [2.45, 2.75) is 25.8 Å². The van der Waals surface area contributed by atoms with Gasteiger partial charge < -0.3 is 10.6 Å². The molecule has 1 aliphatic heterocycles. The zero-order chi connectivity index (χ0) is 12.1. The van der Waals surface area contributed by atoms with E-state index in [2.05, 4.69) is 22.5 Å². The molecule has 1 aromatic heterocycles. The van der Waals surface area contributed by atoms with E-state index in [1.807, 2.05) is 0 Å². The van der Waals surface area contributed by atoms with Crippen LogP contribution in [0.25, 0.3) is 0 Å². The molecule has 4 nitrogen and oxygen atoms in total. The molecule has 0 radical (unpaired) electrons. The quantitative estimate of drug-likeness (QED) is 0.825. The minimum absolute atomic E-state index is 0.00375. The molecule has 1 amide bonds. The lowest BCUT2D eigenvalue weighted by Crippen LogP contribution is -2.48. The Morgan fingerprint density at radius 3 is 2.94 bits per heavy atom. The third-order valence-corrected chi connectivity index (χ3v) is 3.30. The van der Waals surface area contributed by atoms with Gasteiger partial charge >= 0.3 is 0 Å². The smallest absolute Gasteiger partial charge is 0.251 e. The first-order valence-corrected chi connectivity index (χ1v) is 6.21. The van der Waals surface area contributed by atoms with E-state index in [0.29, 0.717) is 11.5 Å². The maximum absolute atomic E-state index is 11.9. The Bertz CT molecular complexity index is 366. The van der Waals surface area contributed by atoms with Crippen molar-refractivity contribution in [3.63, 3.8) is 0 Å². The van der Waals surface area contributed by atoms with Gasteiger partial charge in [-0.2, -0.15) is 0 Å². The van der Waals surface area contributed by atoms with E-state index in [1.165, 1.54) is 0 Å². The molecular formula is C13H19N3O. The van der Waals surface area contributed by atoms with Crippen molar-refractivity contribution in [3.05, 3.63) is 30.1 Å². The predicted octanol–water partition coefficient (Wildman–Crippen LogP) is 1.20. The summed E-state index contributed by atoms with van der Waals surface area (Å²) in [5.41, 5.74) is 0.679. The van der Waals surface area contributed by atoms with Crippen molar-refractivity contribution in [1.29, 1.82) is 0 Å². The van der Waals surface area contributed by atoms with E-state index >= 15 is 0 Å². The highest BCUT2D eigenvalue weighted by Crippen LogP contribution is 2.14. The number of carbonyl (C=O) groups excluding carboxylic acids is 1. The number of hydrogen-bond acceptors (Lipinski definition) is 3. The van der Waals surface area contributed by atoms with E-state index < -0.39 is 0 Å². The van der Waals surface area contributed by atoms with Crippen LogP contribution in [0.15, 0.2) is 24.5 Å². The summed E-state index contributed by atoms with van der Waals surface area (Å²) in [6.45, 7) is 4.13. The van der Waals surface area contributed by atoms with E-state index in [1.54, 1.807) is 24.5 Å². The summed E-state index contributed by atoms with van der Waals surface area (Å²) in [5.74, 6) is 0.669. The van der Waals surface area contributed by atoms with Gasteiger partial charge in [0.25, 0.3) is 5.91 Å². The average Bonchev–Trinajstić information content (AvgIpc) is 2.40. The number of rotatable bonds is 3. The number of piperidine rings is 1. The second-order valence-electron chi connectivity index (χ2n) is 4.57. The number of carbonyl (C=O) groups is 1. The molecule has 0 spiro atoms.